The van der Waals surface area contributed by atoms with E-state index in [9.17, 15) is 32.7 Å². The Labute approximate surface area is 484 Å². The van der Waals surface area contributed by atoms with Crippen molar-refractivity contribution >= 4 is 79.5 Å². The summed E-state index contributed by atoms with van der Waals surface area (Å²) in [4.78, 5) is 71.6. The summed E-state index contributed by atoms with van der Waals surface area (Å²) in [6.07, 6.45) is 2.18. The number of aliphatic hydroxyl groups is 1. The van der Waals surface area contributed by atoms with Gasteiger partial charge in [-0.1, -0.05) is 68.8 Å². The third-order valence-electron chi connectivity index (χ3n) is 14.1. The van der Waals surface area contributed by atoms with Crippen LogP contribution in [0.4, 0.5) is 23.1 Å². The number of thiazole rings is 1. The molecular weight excluding hydrogens is 1100 g/mol. The van der Waals surface area contributed by atoms with Gasteiger partial charge in [0.15, 0.2) is 15.7 Å². The van der Waals surface area contributed by atoms with Gasteiger partial charge >= 0.3 is 0 Å². The van der Waals surface area contributed by atoms with Crippen LogP contribution < -0.4 is 31.3 Å². The Bertz CT molecular complexity index is 3090. The molecule has 2 aromatic heterocycles. The standard InChI is InChI=1S/C58H77ClN10O10S2/c1-35(2)79-48-28-43(37(5)26-46(48)65-57-62-30-44(59)54(67-57)64-45-12-10-11-13-49(45)81(75,76)36(3)4)40-18-21-68(22-19-40)32-50(71)60-20-23-77-24-25-78-33-51(72)66-53(58(7,8)9)56(74)69-31-42(70)27-47(69)55(73)61-29-39-14-16-41(17-15-39)52-38(6)63-34-80-52/h10-17,26,28,30,34-36,40,42,47,53,70H,18-25,27,29,31-33H2,1-9H3,(H,60,71)(H,61,73)(H,66,72)(H2,62,64,65,67)/t42-,47+,53-/m1/s1. The number of likely N-dealkylation sites (tertiary alicyclic amines) is 2. The van der Waals surface area contributed by atoms with Gasteiger partial charge in [0, 0.05) is 26.1 Å². The first-order chi connectivity index (χ1) is 38.5. The molecule has 3 aromatic carbocycles. The van der Waals surface area contributed by atoms with Crippen LogP contribution in [0, 0.1) is 19.3 Å². The molecule has 2 fully saturated rings. The average molecular weight is 1170 g/mol. The number of para-hydroxylation sites is 1. The van der Waals surface area contributed by atoms with Gasteiger partial charge in [0.1, 0.15) is 29.5 Å². The number of benzene rings is 3. The number of nitrogens with zero attached hydrogens (tertiary/aromatic N) is 5. The number of nitrogens with one attached hydrogen (secondary N) is 5. The van der Waals surface area contributed by atoms with Crippen molar-refractivity contribution in [3.05, 3.63) is 99.8 Å². The van der Waals surface area contributed by atoms with Gasteiger partial charge < -0.3 is 50.8 Å². The minimum absolute atomic E-state index is 0.0373. The molecule has 6 N–H and O–H groups in total. The smallest absolute Gasteiger partial charge is 0.246 e. The zero-order chi connectivity index (χ0) is 58.6. The van der Waals surface area contributed by atoms with Gasteiger partial charge in [0.2, 0.25) is 29.6 Å². The van der Waals surface area contributed by atoms with Gasteiger partial charge in [-0.15, -0.1) is 11.3 Å². The van der Waals surface area contributed by atoms with Crippen LogP contribution >= 0.6 is 22.9 Å². The number of hydrogen-bond acceptors (Lipinski definition) is 17. The molecule has 3 atom stereocenters. The molecule has 20 nitrogen and oxygen atoms in total. The van der Waals surface area contributed by atoms with Crippen LogP contribution in [0.5, 0.6) is 5.75 Å². The lowest BCUT2D eigenvalue weighted by molar-refractivity contribution is -0.144. The SMILES string of the molecule is Cc1cc(Nc2ncc(Cl)c(Nc3ccccc3S(=O)(=O)C(C)C)n2)c(OC(C)C)cc1C1CCN(CC(=O)NCCOCCOCC(=O)N[C@H](C(=O)N2C[C@H](O)C[C@H]2C(=O)NCc2ccc(-c3scnc3C)cc2)C(C)(C)C)CC1. The quantitative estimate of drug-likeness (QED) is 0.0310. The number of ether oxygens (including phenoxy) is 3. The lowest BCUT2D eigenvalue weighted by Crippen LogP contribution is -2.58. The fourth-order valence-electron chi connectivity index (χ4n) is 9.72. The van der Waals surface area contributed by atoms with Crippen LogP contribution in [-0.4, -0.2) is 151 Å². The van der Waals surface area contributed by atoms with E-state index in [2.05, 4.69) is 59.4 Å². The second-order valence-electron chi connectivity index (χ2n) is 22.1. The predicted molar refractivity (Wildman–Crippen MR) is 314 cm³/mol. The number of sulfone groups is 1. The summed E-state index contributed by atoms with van der Waals surface area (Å²) < 4.78 is 43.8. The lowest BCUT2D eigenvalue weighted by Gasteiger charge is -2.35. The average Bonchev–Trinajstić information content (AvgIpc) is 4.10. The summed E-state index contributed by atoms with van der Waals surface area (Å²) in [7, 11) is -3.60. The van der Waals surface area contributed by atoms with Crippen LogP contribution in [0.3, 0.4) is 0 Å². The van der Waals surface area contributed by atoms with Gasteiger partial charge in [-0.2, -0.15) is 4.98 Å². The van der Waals surface area contributed by atoms with Crippen molar-refractivity contribution < 1.29 is 46.9 Å². The van der Waals surface area contributed by atoms with Gasteiger partial charge in [0.05, 0.1) is 82.4 Å². The molecule has 4 heterocycles. The van der Waals surface area contributed by atoms with E-state index in [-0.39, 0.29) is 98.0 Å². The minimum atomic E-state index is -3.60. The highest BCUT2D eigenvalue weighted by Crippen LogP contribution is 2.39. The summed E-state index contributed by atoms with van der Waals surface area (Å²) in [6.45, 7) is 19.0. The first kappa shape index (κ1) is 62.3. The van der Waals surface area contributed by atoms with Crippen molar-refractivity contribution in [2.24, 2.45) is 5.41 Å². The molecule has 2 aliphatic heterocycles. The second kappa shape index (κ2) is 28.1. The summed E-state index contributed by atoms with van der Waals surface area (Å²) >= 11 is 8.08. The number of aromatic nitrogens is 3. The highest BCUT2D eigenvalue weighted by molar-refractivity contribution is 7.92. The fourth-order valence-corrected chi connectivity index (χ4v) is 11.9. The number of aryl methyl sites for hydroxylation is 2. The highest BCUT2D eigenvalue weighted by Gasteiger charge is 2.44. The number of anilines is 4. The first-order valence-electron chi connectivity index (χ1n) is 27.4. The van der Waals surface area contributed by atoms with Crippen LogP contribution in [0.1, 0.15) is 96.0 Å². The number of hydrogen-bond donors (Lipinski definition) is 6. The zero-order valence-electron chi connectivity index (χ0n) is 47.6. The maximum atomic E-state index is 14.0. The van der Waals surface area contributed by atoms with Crippen LogP contribution in [0.15, 0.2) is 77.3 Å². The van der Waals surface area contributed by atoms with Crippen molar-refractivity contribution in [3.8, 4) is 16.2 Å². The third kappa shape index (κ3) is 16.9. The molecule has 4 amide bonds. The maximum Gasteiger partial charge on any atom is 0.246 e. The summed E-state index contributed by atoms with van der Waals surface area (Å²) in [6, 6.07) is 16.6. The van der Waals surface area contributed by atoms with E-state index in [4.69, 9.17) is 25.8 Å². The van der Waals surface area contributed by atoms with E-state index in [1.165, 1.54) is 11.1 Å². The number of carbonyl (C=O) groups excluding carboxylic acids is 4. The normalized spacial score (nSPS) is 16.6. The summed E-state index contributed by atoms with van der Waals surface area (Å²) in [5.74, 6) is -0.148. The Kier molecular flexibility index (Phi) is 21.7. The van der Waals surface area contributed by atoms with Crippen LogP contribution in [0.2, 0.25) is 5.02 Å². The monoisotopic (exact) mass is 1170 g/mol. The molecule has 0 aliphatic carbocycles. The van der Waals surface area contributed by atoms with Crippen molar-refractivity contribution in [2.75, 3.05) is 69.8 Å². The van der Waals surface area contributed by atoms with E-state index < -0.39 is 50.5 Å². The number of β-amino-alcohol motifs (C(OH)–C–C–N with tert-alkyl or cyclic N) is 1. The molecule has 0 radical (unpaired) electrons. The highest BCUT2D eigenvalue weighted by atomic mass is 35.5. The predicted octanol–water partition coefficient (Wildman–Crippen LogP) is 7.46. The number of amides is 4. The molecule has 5 aromatic rings. The van der Waals surface area contributed by atoms with Gasteiger partial charge in [-0.05, 0) is 125 Å². The van der Waals surface area contributed by atoms with E-state index in [1.807, 2.05) is 71.9 Å². The van der Waals surface area contributed by atoms with E-state index in [0.717, 1.165) is 58.8 Å². The Morgan fingerprint density at radius 1 is 0.889 bits per heavy atom. The molecule has 7 rings (SSSR count). The number of carbonyl (C=O) groups is 4. The Balaban J connectivity index is 0.805. The van der Waals surface area contributed by atoms with Crippen LogP contribution in [-0.2, 0) is 45.0 Å². The molecule has 438 valence electrons. The van der Waals surface area contributed by atoms with Gasteiger partial charge in [-0.25, -0.2) is 18.4 Å². The van der Waals surface area contributed by atoms with Crippen LogP contribution in [0.25, 0.3) is 10.4 Å². The van der Waals surface area contributed by atoms with Gasteiger partial charge in [0.25, 0.3) is 0 Å². The molecule has 23 heteroatoms. The summed E-state index contributed by atoms with van der Waals surface area (Å²) in [5, 5.41) is 25.2. The Hall–Kier alpha value is -6.27. The van der Waals surface area contributed by atoms with Crippen molar-refractivity contribution in [1.29, 1.82) is 0 Å². The van der Waals surface area contributed by atoms with Crippen molar-refractivity contribution in [1.82, 2.24) is 40.7 Å². The lowest BCUT2D eigenvalue weighted by atomic mass is 9.85. The van der Waals surface area contributed by atoms with Crippen molar-refractivity contribution in [2.45, 2.75) is 128 Å². The largest absolute Gasteiger partial charge is 0.489 e. The second-order valence-corrected chi connectivity index (χ2v) is 25.8. The van der Waals surface area contributed by atoms with Crippen molar-refractivity contribution in [3.63, 3.8) is 0 Å². The molecular formula is C58H77ClN10O10S2. The number of piperidine rings is 1. The molecule has 0 saturated carbocycles. The third-order valence-corrected chi connectivity index (χ3v) is 17.5. The van der Waals surface area contributed by atoms with E-state index in [0.29, 0.717) is 23.7 Å². The topological polar surface area (TPSA) is 256 Å². The Morgan fingerprint density at radius 3 is 2.28 bits per heavy atom. The van der Waals surface area contributed by atoms with E-state index in [1.54, 1.807) is 55.0 Å². The van der Waals surface area contributed by atoms with Gasteiger partial charge in [-0.3, -0.25) is 24.1 Å². The number of halogens is 1. The van der Waals surface area contributed by atoms with E-state index >= 15 is 0 Å². The number of aliphatic hydroxyl groups excluding tert-OH is 1. The molecule has 0 bridgehead atoms. The molecule has 2 aliphatic rings. The maximum absolute atomic E-state index is 14.0. The zero-order valence-corrected chi connectivity index (χ0v) is 50.0. The number of rotatable bonds is 25. The fraction of sp³-hybridized carbons (Fsp3) is 0.500. The molecule has 0 unspecified atom stereocenters. The minimum Gasteiger partial charge on any atom is -0.489 e. The molecule has 81 heavy (non-hydrogen) atoms. The molecule has 0 spiro atoms. The Morgan fingerprint density at radius 2 is 1.60 bits per heavy atom. The molecule has 2 saturated heterocycles. The summed E-state index contributed by atoms with van der Waals surface area (Å²) in [5.41, 5.74) is 7.16. The first-order valence-corrected chi connectivity index (χ1v) is 30.2.